The molecule has 9 heteroatoms. The van der Waals surface area contributed by atoms with Gasteiger partial charge in [-0.25, -0.2) is 0 Å². The lowest BCUT2D eigenvalue weighted by Gasteiger charge is -2.11. The van der Waals surface area contributed by atoms with Crippen molar-refractivity contribution in [3.05, 3.63) is 60.1 Å². The van der Waals surface area contributed by atoms with E-state index < -0.39 is 0 Å². The van der Waals surface area contributed by atoms with Gasteiger partial charge in [-0.1, -0.05) is 23.4 Å². The number of nitrogens with zero attached hydrogens (tertiary/aromatic N) is 6. The second-order valence-electron chi connectivity index (χ2n) is 6.37. The number of benzene rings is 1. The zero-order valence-electron chi connectivity index (χ0n) is 15.7. The number of methoxy groups -OCH3 is 1. The van der Waals surface area contributed by atoms with Gasteiger partial charge in [-0.15, -0.1) is 15.3 Å². The van der Waals surface area contributed by atoms with Crippen LogP contribution in [-0.2, 0) is 6.61 Å². The maximum atomic E-state index is 6.05. The van der Waals surface area contributed by atoms with E-state index >= 15 is 0 Å². The SMILES string of the molecule is COc1cccnc1COc1nn2c(-c3cc(C)on3)nnc2c2ccccc12. The molecule has 0 aliphatic heterocycles. The Morgan fingerprint density at radius 1 is 1.07 bits per heavy atom. The minimum Gasteiger partial charge on any atom is -0.495 e. The molecule has 5 rings (SSSR count). The lowest BCUT2D eigenvalue weighted by atomic mass is 10.2. The van der Waals surface area contributed by atoms with Crippen molar-refractivity contribution >= 4 is 16.4 Å². The van der Waals surface area contributed by atoms with Crippen LogP contribution in [0.5, 0.6) is 11.6 Å². The van der Waals surface area contributed by atoms with E-state index in [9.17, 15) is 0 Å². The first kappa shape index (κ1) is 17.1. The number of fused-ring (bicyclic) bond motifs is 3. The molecule has 0 amide bonds. The van der Waals surface area contributed by atoms with Gasteiger partial charge in [-0.3, -0.25) is 4.98 Å². The molecule has 0 fully saturated rings. The van der Waals surface area contributed by atoms with Crippen LogP contribution < -0.4 is 9.47 Å². The lowest BCUT2D eigenvalue weighted by molar-refractivity contribution is 0.280. The summed E-state index contributed by atoms with van der Waals surface area (Å²) in [5.74, 6) is 2.24. The van der Waals surface area contributed by atoms with Crippen LogP contribution in [0.15, 0.2) is 53.2 Å². The molecule has 0 unspecified atom stereocenters. The molecule has 4 heterocycles. The molecular formula is C20H16N6O3. The molecule has 9 nitrogen and oxygen atoms in total. The third-order valence-corrected chi connectivity index (χ3v) is 4.50. The molecule has 0 spiro atoms. The Kier molecular flexibility index (Phi) is 4.05. The van der Waals surface area contributed by atoms with E-state index in [1.807, 2.05) is 43.3 Å². The van der Waals surface area contributed by atoms with E-state index in [2.05, 4.69) is 25.4 Å². The van der Waals surface area contributed by atoms with Crippen molar-refractivity contribution in [2.24, 2.45) is 0 Å². The Hall–Kier alpha value is -4.01. The van der Waals surface area contributed by atoms with Gasteiger partial charge in [0, 0.05) is 23.0 Å². The highest BCUT2D eigenvalue weighted by Gasteiger charge is 2.18. The van der Waals surface area contributed by atoms with Gasteiger partial charge in [0.25, 0.3) is 0 Å². The van der Waals surface area contributed by atoms with Crippen molar-refractivity contribution in [3.63, 3.8) is 0 Å². The fourth-order valence-corrected chi connectivity index (χ4v) is 3.14. The normalized spacial score (nSPS) is 11.2. The summed E-state index contributed by atoms with van der Waals surface area (Å²) in [5, 5.41) is 18.9. The summed E-state index contributed by atoms with van der Waals surface area (Å²) >= 11 is 0. The minimum atomic E-state index is 0.201. The second kappa shape index (κ2) is 6.86. The quantitative estimate of drug-likeness (QED) is 0.452. The summed E-state index contributed by atoms with van der Waals surface area (Å²) in [6.07, 6.45) is 1.70. The van der Waals surface area contributed by atoms with Crippen molar-refractivity contribution in [2.75, 3.05) is 7.11 Å². The van der Waals surface area contributed by atoms with Gasteiger partial charge in [-0.05, 0) is 25.1 Å². The van der Waals surface area contributed by atoms with E-state index in [4.69, 9.17) is 14.0 Å². The Morgan fingerprint density at radius 3 is 2.72 bits per heavy atom. The third-order valence-electron chi connectivity index (χ3n) is 4.50. The zero-order valence-corrected chi connectivity index (χ0v) is 15.7. The molecule has 29 heavy (non-hydrogen) atoms. The Labute approximate surface area is 164 Å². The van der Waals surface area contributed by atoms with Gasteiger partial charge in [0.05, 0.1) is 7.11 Å². The Balaban J connectivity index is 1.63. The molecule has 5 aromatic rings. The summed E-state index contributed by atoms with van der Waals surface area (Å²) in [5.41, 5.74) is 1.84. The molecule has 0 saturated carbocycles. The maximum absolute atomic E-state index is 6.05. The summed E-state index contributed by atoms with van der Waals surface area (Å²) < 4.78 is 18.2. The van der Waals surface area contributed by atoms with Gasteiger partial charge in [0.2, 0.25) is 11.7 Å². The summed E-state index contributed by atoms with van der Waals surface area (Å²) in [6, 6.07) is 13.2. The van der Waals surface area contributed by atoms with Crippen LogP contribution >= 0.6 is 0 Å². The first-order chi connectivity index (χ1) is 14.2. The lowest BCUT2D eigenvalue weighted by Crippen LogP contribution is -2.05. The van der Waals surface area contributed by atoms with Gasteiger partial charge < -0.3 is 14.0 Å². The highest BCUT2D eigenvalue weighted by atomic mass is 16.5. The van der Waals surface area contributed by atoms with E-state index in [0.717, 1.165) is 10.8 Å². The molecule has 0 saturated heterocycles. The third kappa shape index (κ3) is 2.92. The van der Waals surface area contributed by atoms with Gasteiger partial charge in [0.1, 0.15) is 23.8 Å². The van der Waals surface area contributed by atoms with Crippen molar-refractivity contribution in [2.45, 2.75) is 13.5 Å². The van der Waals surface area contributed by atoms with Crippen LogP contribution in [0.1, 0.15) is 11.5 Å². The van der Waals surface area contributed by atoms with Crippen LogP contribution in [0, 0.1) is 6.92 Å². The van der Waals surface area contributed by atoms with Gasteiger partial charge >= 0.3 is 0 Å². The van der Waals surface area contributed by atoms with Gasteiger partial charge in [0.15, 0.2) is 11.3 Å². The molecule has 0 atom stereocenters. The van der Waals surface area contributed by atoms with E-state index in [1.165, 1.54) is 0 Å². The molecule has 144 valence electrons. The average molecular weight is 388 g/mol. The van der Waals surface area contributed by atoms with E-state index in [-0.39, 0.29) is 6.61 Å². The number of aryl methyl sites for hydroxylation is 1. The average Bonchev–Trinajstić information content (AvgIpc) is 3.38. The first-order valence-corrected chi connectivity index (χ1v) is 8.93. The number of ether oxygens (including phenoxy) is 2. The molecular weight excluding hydrogens is 372 g/mol. The molecule has 0 bridgehead atoms. The molecule has 0 aliphatic carbocycles. The highest BCUT2D eigenvalue weighted by Crippen LogP contribution is 2.29. The maximum Gasteiger partial charge on any atom is 0.240 e. The van der Waals surface area contributed by atoms with Crippen LogP contribution in [-0.4, -0.2) is 37.1 Å². The standard InChI is InChI=1S/C20H16N6O3/c1-12-10-15(25-29-12)19-23-22-18-13-6-3-4-7-14(13)20(24-26(18)19)28-11-16-17(27-2)8-5-9-21-16/h3-10H,11H2,1-2H3. The fraction of sp³-hybridized carbons (Fsp3) is 0.150. The Bertz CT molecular complexity index is 1330. The van der Waals surface area contributed by atoms with Crippen molar-refractivity contribution in [1.82, 2.24) is 30.0 Å². The van der Waals surface area contributed by atoms with Gasteiger partial charge in [-0.2, -0.15) is 4.52 Å². The van der Waals surface area contributed by atoms with Crippen LogP contribution in [0.3, 0.4) is 0 Å². The number of hydrogen-bond donors (Lipinski definition) is 0. The monoisotopic (exact) mass is 388 g/mol. The fourth-order valence-electron chi connectivity index (χ4n) is 3.14. The number of hydrogen-bond acceptors (Lipinski definition) is 8. The molecule has 0 aliphatic rings. The van der Waals surface area contributed by atoms with Crippen LogP contribution in [0.2, 0.25) is 0 Å². The Morgan fingerprint density at radius 2 is 1.93 bits per heavy atom. The predicted molar refractivity (Wildman–Crippen MR) is 104 cm³/mol. The highest BCUT2D eigenvalue weighted by molar-refractivity contribution is 5.96. The summed E-state index contributed by atoms with van der Waals surface area (Å²) in [7, 11) is 1.60. The number of pyridine rings is 1. The topological polar surface area (TPSA) is 100 Å². The van der Waals surface area contributed by atoms with Crippen LogP contribution in [0.25, 0.3) is 27.9 Å². The summed E-state index contributed by atoms with van der Waals surface area (Å²) in [4.78, 5) is 4.33. The van der Waals surface area contributed by atoms with E-state index in [1.54, 1.807) is 23.9 Å². The molecule has 0 radical (unpaired) electrons. The summed E-state index contributed by atoms with van der Waals surface area (Å²) in [6.45, 7) is 2.02. The van der Waals surface area contributed by atoms with Crippen LogP contribution in [0.4, 0.5) is 0 Å². The zero-order chi connectivity index (χ0) is 19.8. The van der Waals surface area contributed by atoms with Crippen molar-refractivity contribution in [3.8, 4) is 23.1 Å². The predicted octanol–water partition coefficient (Wildman–Crippen LogP) is 3.22. The second-order valence-corrected chi connectivity index (χ2v) is 6.37. The number of aromatic nitrogens is 6. The van der Waals surface area contributed by atoms with Crippen molar-refractivity contribution < 1.29 is 14.0 Å². The first-order valence-electron chi connectivity index (χ1n) is 8.93. The minimum absolute atomic E-state index is 0.201. The smallest absolute Gasteiger partial charge is 0.240 e. The molecule has 4 aromatic heterocycles. The largest absolute Gasteiger partial charge is 0.495 e. The molecule has 0 N–H and O–H groups in total. The van der Waals surface area contributed by atoms with Crippen molar-refractivity contribution in [1.29, 1.82) is 0 Å². The number of rotatable bonds is 5. The molecule has 1 aromatic carbocycles. The van der Waals surface area contributed by atoms with E-state index in [0.29, 0.717) is 40.2 Å².